The minimum atomic E-state index is -0.898. The van der Waals surface area contributed by atoms with Crippen molar-refractivity contribution >= 4 is 35.3 Å². The van der Waals surface area contributed by atoms with Crippen molar-refractivity contribution in [3.63, 3.8) is 0 Å². The Morgan fingerprint density at radius 3 is 2.75 bits per heavy atom. The molecule has 12 nitrogen and oxygen atoms in total. The number of carbonyl (C=O) groups is 4. The van der Waals surface area contributed by atoms with Gasteiger partial charge in [0.2, 0.25) is 11.8 Å². The van der Waals surface area contributed by atoms with Crippen LogP contribution in [0.3, 0.4) is 0 Å². The van der Waals surface area contributed by atoms with E-state index >= 15 is 0 Å². The summed E-state index contributed by atoms with van der Waals surface area (Å²) in [6.07, 6.45) is 9.47. The fraction of sp³-hybridized carbons (Fsp3) is 0.407. The first kappa shape index (κ1) is 33.9. The van der Waals surface area contributed by atoms with Gasteiger partial charge >= 0.3 is 5.30 Å². The molecule has 13 heteroatoms. The predicted octanol–water partition coefficient (Wildman–Crippen LogP) is 4.15. The van der Waals surface area contributed by atoms with Gasteiger partial charge in [0.25, 0.3) is 11.6 Å². The zero-order valence-electron chi connectivity index (χ0n) is 22.5. The molecule has 0 bridgehead atoms. The number of ether oxygens (including phenoxy) is 1. The standard InChI is InChI=1S/C26H33N3O7S.CH2O2/c1-4-6-9-20(5-2)13-14-27-24(30)23-12-8-15-28(23)25(31)19(3)18-37-26(32)36-22-11-7-10-21(16-22)17-35-29(33)34;2-1-3/h4-7,9-11,16,19,23H,1,8,12-15,17-18H2,2-3H3,(H,27,30);1H,(H,2,3)/b9-6-,20-5+;/t19-,23+;/m1./s1. The smallest absolute Gasteiger partial charge is 0.372 e. The van der Waals surface area contributed by atoms with Gasteiger partial charge in [-0.3, -0.25) is 14.4 Å². The summed E-state index contributed by atoms with van der Waals surface area (Å²) >= 11 is 0.858. The molecule has 0 aromatic heterocycles. The maximum absolute atomic E-state index is 13.0. The van der Waals surface area contributed by atoms with Crippen molar-refractivity contribution in [3.05, 3.63) is 76.4 Å². The van der Waals surface area contributed by atoms with Crippen molar-refractivity contribution in [1.29, 1.82) is 0 Å². The van der Waals surface area contributed by atoms with E-state index in [1.54, 1.807) is 36.1 Å². The van der Waals surface area contributed by atoms with E-state index < -0.39 is 22.3 Å². The Hall–Kier alpha value is -4.13. The van der Waals surface area contributed by atoms with Crippen LogP contribution < -0.4 is 10.1 Å². The highest BCUT2D eigenvalue weighted by molar-refractivity contribution is 8.13. The van der Waals surface area contributed by atoms with Gasteiger partial charge in [-0.25, -0.2) is 4.79 Å². The maximum atomic E-state index is 13.0. The number of nitrogens with one attached hydrogen (secondary N) is 1. The Kier molecular flexibility index (Phi) is 16.1. The molecule has 1 aromatic carbocycles. The number of hydrogen-bond acceptors (Lipinski definition) is 9. The number of amides is 2. The zero-order chi connectivity index (χ0) is 29.9. The van der Waals surface area contributed by atoms with Crippen molar-refractivity contribution in [2.24, 2.45) is 5.92 Å². The number of rotatable bonds is 13. The lowest BCUT2D eigenvalue weighted by Crippen LogP contribution is -2.48. The number of hydrogen-bond donors (Lipinski definition) is 2. The van der Waals surface area contributed by atoms with Crippen molar-refractivity contribution in [2.75, 3.05) is 18.8 Å². The summed E-state index contributed by atoms with van der Waals surface area (Å²) in [4.78, 5) is 62.7. The third-order valence-electron chi connectivity index (χ3n) is 5.68. The van der Waals surface area contributed by atoms with Gasteiger partial charge in [0.05, 0.1) is 0 Å². The summed E-state index contributed by atoms with van der Waals surface area (Å²) in [7, 11) is 0. The second-order valence-electron chi connectivity index (χ2n) is 8.50. The zero-order valence-corrected chi connectivity index (χ0v) is 23.3. The summed E-state index contributed by atoms with van der Waals surface area (Å²) in [5, 5.41) is 18.7. The molecule has 2 N–H and O–H groups in total. The summed E-state index contributed by atoms with van der Waals surface area (Å²) in [5.74, 6) is -0.440. The Morgan fingerprint density at radius 2 is 2.10 bits per heavy atom. The first-order valence-corrected chi connectivity index (χ1v) is 13.5. The molecule has 0 radical (unpaired) electrons. The van der Waals surface area contributed by atoms with Gasteiger partial charge in [0, 0.05) is 24.8 Å². The van der Waals surface area contributed by atoms with Crippen LogP contribution in [0.1, 0.15) is 38.7 Å². The molecular weight excluding hydrogens is 542 g/mol. The van der Waals surface area contributed by atoms with Crippen molar-refractivity contribution < 1.29 is 38.9 Å². The number of thioether (sulfide) groups is 1. The van der Waals surface area contributed by atoms with Crippen LogP contribution in [0, 0.1) is 16.0 Å². The minimum Gasteiger partial charge on any atom is -0.483 e. The highest BCUT2D eigenvalue weighted by Gasteiger charge is 2.35. The lowest BCUT2D eigenvalue weighted by molar-refractivity contribution is -0.763. The number of likely N-dealkylation sites (tertiary alicyclic amines) is 1. The molecule has 40 heavy (non-hydrogen) atoms. The third kappa shape index (κ3) is 12.6. The fourth-order valence-corrected chi connectivity index (χ4v) is 4.45. The Balaban J connectivity index is 0.00000254. The number of nitrogens with zero attached hydrogens (tertiary/aromatic N) is 2. The van der Waals surface area contributed by atoms with Gasteiger partial charge in [-0.05, 0) is 55.6 Å². The Labute approximate surface area is 237 Å². The van der Waals surface area contributed by atoms with Crippen LogP contribution >= 0.6 is 11.8 Å². The van der Waals surface area contributed by atoms with Gasteiger partial charge in [-0.2, -0.15) is 0 Å². The molecule has 0 aliphatic carbocycles. The van der Waals surface area contributed by atoms with Crippen molar-refractivity contribution in [3.8, 4) is 5.75 Å². The largest absolute Gasteiger partial charge is 0.483 e. The summed E-state index contributed by atoms with van der Waals surface area (Å²) in [6.45, 7) is 7.76. The first-order valence-electron chi connectivity index (χ1n) is 12.5. The molecule has 1 heterocycles. The second-order valence-corrected chi connectivity index (χ2v) is 9.46. The molecule has 2 rings (SSSR count). The quantitative estimate of drug-likeness (QED) is 0.114. The number of allylic oxidation sites excluding steroid dienone is 4. The average Bonchev–Trinajstić information content (AvgIpc) is 3.43. The lowest BCUT2D eigenvalue weighted by Gasteiger charge is -2.26. The summed E-state index contributed by atoms with van der Waals surface area (Å²) in [5.41, 5.74) is 1.55. The van der Waals surface area contributed by atoms with Crippen LogP contribution in [0.4, 0.5) is 4.79 Å². The first-order chi connectivity index (χ1) is 19.2. The summed E-state index contributed by atoms with van der Waals surface area (Å²) < 4.78 is 5.27. The number of carboxylic acid groups (broad SMARTS) is 1. The van der Waals surface area contributed by atoms with Crippen molar-refractivity contribution in [1.82, 2.24) is 10.2 Å². The van der Waals surface area contributed by atoms with Gasteiger partial charge in [0.1, 0.15) is 18.4 Å². The predicted molar refractivity (Wildman–Crippen MR) is 150 cm³/mol. The molecule has 2 amide bonds. The molecule has 1 aliphatic heterocycles. The van der Waals surface area contributed by atoms with E-state index in [1.165, 1.54) is 6.07 Å². The molecule has 1 saturated heterocycles. The lowest BCUT2D eigenvalue weighted by atomic mass is 10.1. The van der Waals surface area contributed by atoms with Gasteiger partial charge in [-0.15, -0.1) is 10.1 Å². The van der Waals surface area contributed by atoms with Crippen LogP contribution in [-0.4, -0.2) is 63.6 Å². The van der Waals surface area contributed by atoms with E-state index in [4.69, 9.17) is 14.6 Å². The van der Waals surface area contributed by atoms with Gasteiger partial charge in [0.15, 0.2) is 0 Å². The molecular formula is C27H35N3O9S. The molecule has 1 fully saturated rings. The van der Waals surface area contributed by atoms with Crippen LogP contribution in [0.2, 0.25) is 0 Å². The molecule has 0 unspecified atom stereocenters. The van der Waals surface area contributed by atoms with E-state index in [2.05, 4.69) is 16.7 Å². The Morgan fingerprint density at radius 1 is 1.38 bits per heavy atom. The van der Waals surface area contributed by atoms with Crippen LogP contribution in [-0.2, 0) is 25.8 Å². The normalized spacial score (nSPS) is 15.4. The molecule has 218 valence electrons. The Bertz CT molecular complexity index is 1090. The second kappa shape index (κ2) is 19.0. The molecule has 2 atom stereocenters. The van der Waals surface area contributed by atoms with Crippen LogP contribution in [0.15, 0.2) is 60.7 Å². The maximum Gasteiger partial charge on any atom is 0.372 e. The van der Waals surface area contributed by atoms with Crippen LogP contribution in [0.25, 0.3) is 0 Å². The highest BCUT2D eigenvalue weighted by atomic mass is 32.2. The number of benzene rings is 1. The minimum absolute atomic E-state index is 0.172. The monoisotopic (exact) mass is 577 g/mol. The highest BCUT2D eigenvalue weighted by Crippen LogP contribution is 2.23. The average molecular weight is 578 g/mol. The van der Waals surface area contributed by atoms with Gasteiger partial charge < -0.3 is 24.9 Å². The summed E-state index contributed by atoms with van der Waals surface area (Å²) in [6, 6.07) is 5.70. The fourth-order valence-electron chi connectivity index (χ4n) is 3.77. The van der Waals surface area contributed by atoms with E-state index in [-0.39, 0.29) is 36.4 Å². The molecule has 0 saturated carbocycles. The molecule has 0 spiro atoms. The molecule has 1 aliphatic rings. The molecule has 1 aromatic rings. The topological polar surface area (TPSA) is 165 Å². The van der Waals surface area contributed by atoms with E-state index in [0.29, 0.717) is 31.5 Å². The van der Waals surface area contributed by atoms with E-state index in [9.17, 15) is 24.5 Å². The number of carbonyl (C=O) groups excluding carboxylic acids is 3. The van der Waals surface area contributed by atoms with E-state index in [1.807, 2.05) is 25.2 Å². The van der Waals surface area contributed by atoms with E-state index in [0.717, 1.165) is 23.8 Å². The van der Waals surface area contributed by atoms with Crippen LogP contribution in [0.5, 0.6) is 5.75 Å². The van der Waals surface area contributed by atoms with Crippen molar-refractivity contribution in [2.45, 2.75) is 45.8 Å². The van der Waals surface area contributed by atoms with Gasteiger partial charge in [-0.1, -0.05) is 55.5 Å². The SMILES string of the molecule is C=C/C=C\C(=C/C)CCNC(=O)[C@@H]1CCCN1C(=O)[C@H](C)CSC(=O)Oc1cccc(CO[N+](=O)[O-])c1.O=CO. The third-order valence-corrected chi connectivity index (χ3v) is 6.66.